The molecule has 0 heterocycles. The van der Waals surface area contributed by atoms with Crippen molar-refractivity contribution >= 4 is 17.6 Å². The molecular formula is C28H38ClFO2. The van der Waals surface area contributed by atoms with Crippen LogP contribution in [0.25, 0.3) is 0 Å². The maximum absolute atomic E-state index is 14.0. The number of carbonyl (C=O) groups is 1. The first-order valence-electron chi connectivity index (χ1n) is 12.8. The third-order valence-electron chi connectivity index (χ3n) is 8.62. The van der Waals surface area contributed by atoms with Crippen molar-refractivity contribution in [2.75, 3.05) is 0 Å². The highest BCUT2D eigenvalue weighted by atomic mass is 35.5. The van der Waals surface area contributed by atoms with Crippen LogP contribution in [-0.2, 0) is 4.79 Å². The smallest absolute Gasteiger partial charge is 0.314 e. The van der Waals surface area contributed by atoms with Crippen LogP contribution in [0.5, 0.6) is 5.75 Å². The number of hydrogen-bond donors (Lipinski definition) is 0. The minimum atomic E-state index is -0.576. The van der Waals surface area contributed by atoms with Gasteiger partial charge >= 0.3 is 5.97 Å². The van der Waals surface area contributed by atoms with Crippen LogP contribution in [0.1, 0.15) is 84.0 Å². The zero-order chi connectivity index (χ0) is 22.5. The summed E-state index contributed by atoms with van der Waals surface area (Å²) in [6, 6.07) is 4.18. The van der Waals surface area contributed by atoms with Gasteiger partial charge in [0.2, 0.25) is 0 Å². The number of halogens is 2. The average Bonchev–Trinajstić information content (AvgIpc) is 2.81. The fraction of sp³-hybridized carbons (Fsp3) is 0.679. The molecule has 1 aromatic carbocycles. The van der Waals surface area contributed by atoms with Crippen molar-refractivity contribution in [3.8, 4) is 5.75 Å². The van der Waals surface area contributed by atoms with E-state index in [2.05, 4.69) is 19.1 Å². The van der Waals surface area contributed by atoms with Gasteiger partial charge in [0.15, 0.2) is 11.6 Å². The molecule has 2 nitrogen and oxygen atoms in total. The summed E-state index contributed by atoms with van der Waals surface area (Å²) in [6.45, 7) is 2.12. The molecule has 4 heteroatoms. The molecule has 32 heavy (non-hydrogen) atoms. The fourth-order valence-corrected chi connectivity index (χ4v) is 6.95. The minimum Gasteiger partial charge on any atom is -0.423 e. The standard InChI is InChI=1S/C28H38ClFO2/c1-2-3-4-5-19-6-7-24-17-23(13-12-22(24)16-19)20-8-10-21(11-9-20)28(31)32-27-15-14-25(29)18-26(27)30/h2-3,14-15,18-24H,4-13,16-17H2,1H3/b3-2+. The number of ether oxygens (including phenoxy) is 1. The minimum absolute atomic E-state index is 0.0128. The SMILES string of the molecule is C/C=C/CCC1CCC2CC(C3CCC(C(=O)Oc4ccc(Cl)cc4F)CC3)CCC2C1. The van der Waals surface area contributed by atoms with Crippen molar-refractivity contribution < 1.29 is 13.9 Å². The highest BCUT2D eigenvalue weighted by Crippen LogP contribution is 2.49. The van der Waals surface area contributed by atoms with E-state index in [1.807, 2.05) is 0 Å². The van der Waals surface area contributed by atoms with Gasteiger partial charge < -0.3 is 4.74 Å². The summed E-state index contributed by atoms with van der Waals surface area (Å²) in [6.07, 6.45) is 19.6. The number of carbonyl (C=O) groups excluding carboxylic acids is 1. The Bertz CT molecular complexity index is 799. The second-order valence-electron chi connectivity index (χ2n) is 10.5. The van der Waals surface area contributed by atoms with E-state index in [1.165, 1.54) is 63.5 Å². The predicted octanol–water partition coefficient (Wildman–Crippen LogP) is 8.38. The quantitative estimate of drug-likeness (QED) is 0.242. The van der Waals surface area contributed by atoms with Crippen LogP contribution < -0.4 is 4.74 Å². The average molecular weight is 461 g/mol. The van der Waals surface area contributed by atoms with Gasteiger partial charge in [-0.15, -0.1) is 0 Å². The molecule has 4 rings (SSSR count). The van der Waals surface area contributed by atoms with Gasteiger partial charge in [-0.2, -0.15) is 0 Å². The molecule has 4 atom stereocenters. The van der Waals surface area contributed by atoms with Gasteiger partial charge in [-0.1, -0.05) is 30.2 Å². The van der Waals surface area contributed by atoms with Gasteiger partial charge in [0.05, 0.1) is 5.92 Å². The molecule has 0 N–H and O–H groups in total. The molecule has 0 aliphatic heterocycles. The summed E-state index contributed by atoms with van der Waals surface area (Å²) >= 11 is 5.78. The first kappa shape index (κ1) is 23.8. The number of allylic oxidation sites excluding steroid dienone is 2. The van der Waals surface area contributed by atoms with Crippen LogP contribution in [0.15, 0.2) is 30.4 Å². The Kier molecular flexibility index (Phi) is 8.32. The highest BCUT2D eigenvalue weighted by Gasteiger charge is 2.39. The Morgan fingerprint density at radius 2 is 1.66 bits per heavy atom. The number of benzene rings is 1. The summed E-state index contributed by atoms with van der Waals surface area (Å²) < 4.78 is 19.3. The normalized spacial score (nSPS) is 33.1. The molecule has 1 aromatic rings. The number of rotatable bonds is 6. The van der Waals surface area contributed by atoms with Crippen LogP contribution in [0.2, 0.25) is 5.02 Å². The molecule has 0 saturated heterocycles. The third kappa shape index (κ3) is 5.95. The summed E-state index contributed by atoms with van der Waals surface area (Å²) in [5, 5.41) is 0.305. The number of hydrogen-bond acceptors (Lipinski definition) is 2. The van der Waals surface area contributed by atoms with Gasteiger partial charge in [-0.05, 0) is 125 Å². The number of esters is 1. The van der Waals surface area contributed by atoms with Gasteiger partial charge in [0.1, 0.15) is 0 Å². The molecule has 3 aliphatic carbocycles. The van der Waals surface area contributed by atoms with Crippen LogP contribution >= 0.6 is 11.6 Å². The van der Waals surface area contributed by atoms with Gasteiger partial charge in [-0.3, -0.25) is 4.79 Å². The summed E-state index contributed by atoms with van der Waals surface area (Å²) in [4.78, 5) is 12.6. The maximum Gasteiger partial charge on any atom is 0.314 e. The van der Waals surface area contributed by atoms with E-state index in [9.17, 15) is 9.18 Å². The van der Waals surface area contributed by atoms with Crippen LogP contribution in [0, 0.1) is 41.3 Å². The largest absolute Gasteiger partial charge is 0.423 e. The van der Waals surface area contributed by atoms with Crippen molar-refractivity contribution in [2.45, 2.75) is 84.0 Å². The van der Waals surface area contributed by atoms with Crippen molar-refractivity contribution in [3.05, 3.63) is 41.2 Å². The van der Waals surface area contributed by atoms with Crippen LogP contribution in [0.4, 0.5) is 4.39 Å². The van der Waals surface area contributed by atoms with E-state index in [0.29, 0.717) is 5.02 Å². The summed E-state index contributed by atoms with van der Waals surface area (Å²) in [5.41, 5.74) is 0. The zero-order valence-electron chi connectivity index (χ0n) is 19.4. The Balaban J connectivity index is 1.22. The lowest BCUT2D eigenvalue weighted by atomic mass is 9.60. The molecule has 0 bridgehead atoms. The van der Waals surface area contributed by atoms with E-state index in [4.69, 9.17) is 16.3 Å². The monoisotopic (exact) mass is 460 g/mol. The van der Waals surface area contributed by atoms with Gasteiger partial charge in [-0.25, -0.2) is 4.39 Å². The topological polar surface area (TPSA) is 26.3 Å². The molecule has 176 valence electrons. The second-order valence-corrected chi connectivity index (χ2v) is 11.0. The molecule has 3 fully saturated rings. The van der Waals surface area contributed by atoms with E-state index in [0.717, 1.165) is 55.3 Å². The Morgan fingerprint density at radius 1 is 1.00 bits per heavy atom. The highest BCUT2D eigenvalue weighted by molar-refractivity contribution is 6.30. The Labute approximate surface area is 197 Å². The molecule has 0 spiro atoms. The van der Waals surface area contributed by atoms with Crippen LogP contribution in [0.3, 0.4) is 0 Å². The van der Waals surface area contributed by atoms with E-state index in [1.54, 1.807) is 6.07 Å². The van der Waals surface area contributed by atoms with Gasteiger partial charge in [0.25, 0.3) is 0 Å². The lowest BCUT2D eigenvalue weighted by Crippen LogP contribution is -2.35. The van der Waals surface area contributed by atoms with Crippen molar-refractivity contribution in [3.63, 3.8) is 0 Å². The molecular weight excluding hydrogens is 423 g/mol. The molecule has 3 aliphatic rings. The van der Waals surface area contributed by atoms with E-state index in [-0.39, 0.29) is 17.6 Å². The number of fused-ring (bicyclic) bond motifs is 1. The van der Waals surface area contributed by atoms with Gasteiger partial charge in [0, 0.05) is 5.02 Å². The Morgan fingerprint density at radius 3 is 2.38 bits per heavy atom. The zero-order valence-corrected chi connectivity index (χ0v) is 20.2. The lowest BCUT2D eigenvalue weighted by Gasteiger charge is -2.45. The van der Waals surface area contributed by atoms with E-state index < -0.39 is 5.82 Å². The Hall–Kier alpha value is -1.35. The molecule has 0 amide bonds. The maximum atomic E-state index is 14.0. The van der Waals surface area contributed by atoms with Crippen molar-refractivity contribution in [2.24, 2.45) is 35.5 Å². The third-order valence-corrected chi connectivity index (χ3v) is 8.85. The summed E-state index contributed by atoms with van der Waals surface area (Å²) in [7, 11) is 0. The van der Waals surface area contributed by atoms with Crippen molar-refractivity contribution in [1.29, 1.82) is 0 Å². The summed E-state index contributed by atoms with van der Waals surface area (Å²) in [5.74, 6) is 3.43. The lowest BCUT2D eigenvalue weighted by molar-refractivity contribution is -0.140. The fourth-order valence-electron chi connectivity index (χ4n) is 6.79. The van der Waals surface area contributed by atoms with Crippen LogP contribution in [-0.4, -0.2) is 5.97 Å². The molecule has 0 radical (unpaired) electrons. The predicted molar refractivity (Wildman–Crippen MR) is 128 cm³/mol. The van der Waals surface area contributed by atoms with Crippen molar-refractivity contribution in [1.82, 2.24) is 0 Å². The molecule has 0 aromatic heterocycles. The molecule has 4 unspecified atom stereocenters. The van der Waals surface area contributed by atoms with E-state index >= 15 is 0 Å². The first-order chi connectivity index (χ1) is 15.5. The molecule has 3 saturated carbocycles. The first-order valence-corrected chi connectivity index (χ1v) is 13.2. The second kappa shape index (κ2) is 11.2.